The summed E-state index contributed by atoms with van der Waals surface area (Å²) >= 11 is 0. The second-order valence-corrected chi connectivity index (χ2v) is 9.76. The predicted octanol–water partition coefficient (Wildman–Crippen LogP) is 6.02. The monoisotopic (exact) mass is 564 g/mol. The van der Waals surface area contributed by atoms with E-state index in [4.69, 9.17) is 24.5 Å². The number of aromatic nitrogens is 3. The normalized spacial score (nSPS) is 10.9. The largest absolute Gasteiger partial charge is 0.473 e. The van der Waals surface area contributed by atoms with Crippen LogP contribution >= 0.6 is 0 Å². The minimum Gasteiger partial charge on any atom is -0.473 e. The van der Waals surface area contributed by atoms with Gasteiger partial charge in [-0.15, -0.1) is 0 Å². The van der Waals surface area contributed by atoms with E-state index in [1.165, 1.54) is 13.2 Å². The van der Waals surface area contributed by atoms with Crippen LogP contribution in [0.15, 0.2) is 72.8 Å². The summed E-state index contributed by atoms with van der Waals surface area (Å²) in [5, 5.41) is 8.94. The van der Waals surface area contributed by atoms with Gasteiger partial charge in [0.15, 0.2) is 0 Å². The van der Waals surface area contributed by atoms with Crippen LogP contribution in [-0.2, 0) is 29.0 Å². The Morgan fingerprint density at radius 1 is 1.02 bits per heavy atom. The molecule has 0 N–H and O–H groups in total. The third-order valence-electron chi connectivity index (χ3n) is 6.98. The van der Waals surface area contributed by atoms with Crippen molar-refractivity contribution in [1.29, 1.82) is 5.26 Å². The molecule has 9 heteroatoms. The van der Waals surface area contributed by atoms with Crippen LogP contribution in [0, 0.1) is 24.1 Å². The van der Waals surface area contributed by atoms with Crippen molar-refractivity contribution >= 4 is 17.0 Å². The molecule has 5 rings (SSSR count). The summed E-state index contributed by atoms with van der Waals surface area (Å²) < 4.78 is 32.3. The zero-order chi connectivity index (χ0) is 29.6. The minimum atomic E-state index is -0.490. The summed E-state index contributed by atoms with van der Waals surface area (Å²) in [6, 6.07) is 23.2. The summed E-state index contributed by atoms with van der Waals surface area (Å²) in [7, 11) is 3.02. The molecule has 0 aliphatic rings. The molecule has 0 atom stereocenters. The van der Waals surface area contributed by atoms with Gasteiger partial charge in [-0.2, -0.15) is 5.26 Å². The molecule has 3 aromatic carbocycles. The number of carbonyl (C=O) groups is 1. The number of halogens is 1. The summed E-state index contributed by atoms with van der Waals surface area (Å²) in [4.78, 5) is 21.6. The molecule has 0 unspecified atom stereocenters. The molecule has 0 saturated heterocycles. The smallest absolute Gasteiger partial charge is 0.337 e. The quantitative estimate of drug-likeness (QED) is 0.191. The summed E-state index contributed by atoms with van der Waals surface area (Å²) in [5.74, 6) is 0.350. The van der Waals surface area contributed by atoms with Gasteiger partial charge in [0, 0.05) is 37.3 Å². The number of methoxy groups -OCH3 is 2. The minimum absolute atomic E-state index is 0.00287. The van der Waals surface area contributed by atoms with Gasteiger partial charge in [-0.05, 0) is 54.4 Å². The highest BCUT2D eigenvalue weighted by molar-refractivity contribution is 5.93. The third kappa shape index (κ3) is 6.14. The topological polar surface area (TPSA) is 99.3 Å². The lowest BCUT2D eigenvalue weighted by Crippen LogP contribution is -2.09. The first-order valence-electron chi connectivity index (χ1n) is 13.3. The summed E-state index contributed by atoms with van der Waals surface area (Å²) in [6.07, 6.45) is 0.583. The fraction of sp³-hybridized carbons (Fsp3) is 0.212. The molecule has 0 saturated carbocycles. The maximum Gasteiger partial charge on any atom is 0.337 e. The van der Waals surface area contributed by atoms with E-state index in [-0.39, 0.29) is 12.2 Å². The molecular weight excluding hydrogens is 535 g/mol. The van der Waals surface area contributed by atoms with Crippen LogP contribution in [0.2, 0.25) is 0 Å². The van der Waals surface area contributed by atoms with E-state index < -0.39 is 11.8 Å². The maximum absolute atomic E-state index is 14.3. The van der Waals surface area contributed by atoms with Crippen LogP contribution < -0.4 is 4.74 Å². The van der Waals surface area contributed by atoms with Crippen LogP contribution in [0.3, 0.4) is 0 Å². The Labute approximate surface area is 242 Å². The van der Waals surface area contributed by atoms with E-state index in [1.54, 1.807) is 37.4 Å². The lowest BCUT2D eigenvalue weighted by molar-refractivity contribution is 0.0601. The SMILES string of the molecule is COCCn1c(Cc2ccc(-c3cccc(OCc4ccc(C#N)cc4F)n3)c(C)c2)nc2ccc(C(=O)OC)cc21. The fourth-order valence-corrected chi connectivity index (χ4v) is 4.82. The Kier molecular flexibility index (Phi) is 8.55. The van der Waals surface area contributed by atoms with Crippen molar-refractivity contribution < 1.29 is 23.4 Å². The van der Waals surface area contributed by atoms with Crippen molar-refractivity contribution in [2.75, 3.05) is 20.8 Å². The Morgan fingerprint density at radius 3 is 2.62 bits per heavy atom. The van der Waals surface area contributed by atoms with Gasteiger partial charge in [0.25, 0.3) is 0 Å². The first kappa shape index (κ1) is 28.5. The fourth-order valence-electron chi connectivity index (χ4n) is 4.82. The first-order chi connectivity index (χ1) is 20.4. The second kappa shape index (κ2) is 12.6. The van der Waals surface area contributed by atoms with Gasteiger partial charge in [0.05, 0.1) is 47.6 Å². The molecule has 5 aromatic rings. The van der Waals surface area contributed by atoms with E-state index in [0.717, 1.165) is 39.2 Å². The Bertz CT molecular complexity index is 1810. The van der Waals surface area contributed by atoms with Gasteiger partial charge in [-0.1, -0.05) is 30.3 Å². The molecular formula is C33H29FN4O4. The number of fused-ring (bicyclic) bond motifs is 1. The Hall–Kier alpha value is -5.07. The zero-order valence-corrected chi connectivity index (χ0v) is 23.6. The number of ether oxygens (including phenoxy) is 3. The number of carbonyl (C=O) groups excluding carboxylic acids is 1. The van der Waals surface area contributed by atoms with Gasteiger partial charge >= 0.3 is 5.97 Å². The number of rotatable bonds is 10. The maximum atomic E-state index is 14.3. The molecule has 0 aliphatic heterocycles. The zero-order valence-electron chi connectivity index (χ0n) is 23.6. The third-order valence-corrected chi connectivity index (χ3v) is 6.98. The molecule has 0 amide bonds. The molecule has 2 heterocycles. The second-order valence-electron chi connectivity index (χ2n) is 9.76. The molecule has 42 heavy (non-hydrogen) atoms. The van der Waals surface area contributed by atoms with Crippen LogP contribution in [0.1, 0.15) is 38.4 Å². The average molecular weight is 565 g/mol. The Morgan fingerprint density at radius 2 is 1.88 bits per heavy atom. The number of hydrogen-bond acceptors (Lipinski definition) is 7. The number of pyridine rings is 1. The lowest BCUT2D eigenvalue weighted by atomic mass is 10.0. The van der Waals surface area contributed by atoms with Crippen molar-refractivity contribution in [1.82, 2.24) is 14.5 Å². The number of benzene rings is 3. The molecule has 2 aromatic heterocycles. The number of nitriles is 1. The molecule has 8 nitrogen and oxygen atoms in total. The average Bonchev–Trinajstić information content (AvgIpc) is 3.34. The van der Waals surface area contributed by atoms with Crippen LogP contribution in [0.4, 0.5) is 4.39 Å². The molecule has 0 radical (unpaired) electrons. The molecule has 0 spiro atoms. The number of imidazole rings is 1. The van der Waals surface area contributed by atoms with E-state index in [9.17, 15) is 9.18 Å². The number of aryl methyl sites for hydroxylation is 1. The molecule has 0 aliphatic carbocycles. The van der Waals surface area contributed by atoms with E-state index in [0.29, 0.717) is 36.6 Å². The molecule has 0 fully saturated rings. The van der Waals surface area contributed by atoms with E-state index >= 15 is 0 Å². The Balaban J connectivity index is 1.37. The van der Waals surface area contributed by atoms with Crippen LogP contribution in [0.25, 0.3) is 22.3 Å². The first-order valence-corrected chi connectivity index (χ1v) is 13.3. The van der Waals surface area contributed by atoms with Crippen molar-refractivity contribution in [3.8, 4) is 23.2 Å². The standard InChI is InChI=1S/C33H29FN4O4/c1-21-15-22(17-31-36-29-12-10-24(33(39)41-3)18-30(29)38(31)13-14-40-2)8-11-26(21)28-5-4-6-32(37-28)42-20-25-9-7-23(19-35)16-27(25)34/h4-12,15-16,18H,13-14,17,20H2,1-3H3. The van der Waals surface area contributed by atoms with Crippen molar-refractivity contribution in [2.45, 2.75) is 26.5 Å². The van der Waals surface area contributed by atoms with E-state index in [2.05, 4.69) is 15.6 Å². The highest BCUT2D eigenvalue weighted by Crippen LogP contribution is 2.27. The summed E-state index contributed by atoms with van der Waals surface area (Å²) in [6.45, 7) is 3.11. The number of esters is 1. The van der Waals surface area contributed by atoms with Crippen molar-refractivity contribution in [3.63, 3.8) is 0 Å². The lowest BCUT2D eigenvalue weighted by Gasteiger charge is -2.12. The predicted molar refractivity (Wildman–Crippen MR) is 156 cm³/mol. The van der Waals surface area contributed by atoms with Gasteiger partial charge in [0.2, 0.25) is 5.88 Å². The van der Waals surface area contributed by atoms with Crippen molar-refractivity contribution in [2.24, 2.45) is 0 Å². The van der Waals surface area contributed by atoms with Crippen LogP contribution in [0.5, 0.6) is 5.88 Å². The molecule has 212 valence electrons. The van der Waals surface area contributed by atoms with Gasteiger partial charge in [-0.3, -0.25) is 0 Å². The highest BCUT2D eigenvalue weighted by Gasteiger charge is 2.16. The van der Waals surface area contributed by atoms with Crippen molar-refractivity contribution in [3.05, 3.63) is 112 Å². The van der Waals surface area contributed by atoms with Gasteiger partial charge < -0.3 is 18.8 Å². The van der Waals surface area contributed by atoms with Gasteiger partial charge in [-0.25, -0.2) is 19.2 Å². The number of nitrogens with zero attached hydrogens (tertiary/aromatic N) is 4. The van der Waals surface area contributed by atoms with E-state index in [1.807, 2.05) is 43.3 Å². The number of hydrogen-bond donors (Lipinski definition) is 0. The summed E-state index contributed by atoms with van der Waals surface area (Å²) in [5.41, 5.74) is 6.50. The van der Waals surface area contributed by atoms with Gasteiger partial charge in [0.1, 0.15) is 18.2 Å². The molecule has 0 bridgehead atoms. The highest BCUT2D eigenvalue weighted by atomic mass is 19.1. The van der Waals surface area contributed by atoms with Crippen LogP contribution in [-0.4, -0.2) is 41.3 Å².